The number of hydrogen-bond donors (Lipinski definition) is 2. The van der Waals surface area contributed by atoms with Crippen molar-refractivity contribution < 1.29 is 16.8 Å². The van der Waals surface area contributed by atoms with Crippen molar-refractivity contribution in [1.82, 2.24) is 14.3 Å². The van der Waals surface area contributed by atoms with Gasteiger partial charge in [-0.25, -0.2) is 21.6 Å². The van der Waals surface area contributed by atoms with Gasteiger partial charge in [-0.1, -0.05) is 18.9 Å². The van der Waals surface area contributed by atoms with E-state index in [1.807, 2.05) is 0 Å². The van der Waals surface area contributed by atoms with Gasteiger partial charge in [0.15, 0.2) is 0 Å². The molecule has 1 atom stereocenters. The third-order valence-corrected chi connectivity index (χ3v) is 8.11. The quantitative estimate of drug-likeness (QED) is 0.744. The molecule has 3 rings (SSSR count). The molecule has 0 amide bonds. The zero-order valence-electron chi connectivity index (χ0n) is 14.6. The van der Waals surface area contributed by atoms with Crippen LogP contribution in [0.3, 0.4) is 0 Å². The Morgan fingerprint density at radius 2 is 1.65 bits per heavy atom. The Bertz CT molecular complexity index is 801. The lowest BCUT2D eigenvalue weighted by Gasteiger charge is -2.20. The third kappa shape index (κ3) is 4.96. The molecule has 0 spiro atoms. The highest BCUT2D eigenvalue weighted by Crippen LogP contribution is 2.23. The molecule has 2 fully saturated rings. The van der Waals surface area contributed by atoms with Crippen molar-refractivity contribution in [1.29, 1.82) is 0 Å². The molecule has 2 N–H and O–H groups in total. The van der Waals surface area contributed by atoms with E-state index in [0.717, 1.165) is 38.6 Å². The summed E-state index contributed by atoms with van der Waals surface area (Å²) in [5.41, 5.74) is 0. The maximum Gasteiger partial charge on any atom is 0.243 e. The molecule has 1 aromatic rings. The van der Waals surface area contributed by atoms with Gasteiger partial charge in [-0.2, -0.15) is 4.31 Å². The molecule has 10 heteroatoms. The van der Waals surface area contributed by atoms with Crippen LogP contribution < -0.4 is 10.0 Å². The molecule has 2 aliphatic rings. The fourth-order valence-corrected chi connectivity index (χ4v) is 6.23. The van der Waals surface area contributed by atoms with Gasteiger partial charge in [0, 0.05) is 25.7 Å². The van der Waals surface area contributed by atoms with Gasteiger partial charge in [0.1, 0.15) is 0 Å². The van der Waals surface area contributed by atoms with E-state index in [9.17, 15) is 16.8 Å². The van der Waals surface area contributed by atoms with Gasteiger partial charge < -0.3 is 5.32 Å². The van der Waals surface area contributed by atoms with Crippen LogP contribution in [0.2, 0.25) is 0 Å². The summed E-state index contributed by atoms with van der Waals surface area (Å²) < 4.78 is 54.9. The normalized spacial score (nSPS) is 22.5. The van der Waals surface area contributed by atoms with E-state index in [1.165, 1.54) is 28.6 Å². The van der Waals surface area contributed by atoms with Crippen molar-refractivity contribution in [3.63, 3.8) is 0 Å². The first-order valence-electron chi connectivity index (χ1n) is 8.73. The first-order chi connectivity index (χ1) is 11.9. The molecular weight excluding hydrogens is 398 g/mol. The Morgan fingerprint density at radius 3 is 2.27 bits per heavy atom. The number of hydrogen-bond acceptors (Lipinski definition) is 5. The minimum atomic E-state index is -3.74. The molecule has 0 radical (unpaired) electrons. The molecule has 26 heavy (non-hydrogen) atoms. The summed E-state index contributed by atoms with van der Waals surface area (Å²) in [5, 5.41) is 3.10. The van der Waals surface area contributed by atoms with Crippen LogP contribution in [-0.4, -0.2) is 53.4 Å². The number of nitrogens with zero attached hydrogens (tertiary/aromatic N) is 1. The molecule has 7 nitrogen and oxygen atoms in total. The van der Waals surface area contributed by atoms with Crippen LogP contribution in [0.15, 0.2) is 34.1 Å². The number of halogens is 1. The van der Waals surface area contributed by atoms with Crippen LogP contribution in [0.25, 0.3) is 0 Å². The maximum atomic E-state index is 12.9. The topological polar surface area (TPSA) is 95.6 Å². The fourth-order valence-electron chi connectivity index (χ4n) is 3.28. The van der Waals surface area contributed by atoms with Crippen LogP contribution in [0.4, 0.5) is 0 Å². The highest BCUT2D eigenvalue weighted by atomic mass is 35.5. The van der Waals surface area contributed by atoms with Crippen molar-refractivity contribution in [2.45, 2.75) is 47.9 Å². The fraction of sp³-hybridized carbons (Fsp3) is 0.625. The standard InChI is InChI=1S/C16H25N3O4S2.ClH/c20-24(21,18-14-8-9-17-13-14)15-6-5-7-16(12-15)25(22,23)19-10-3-1-2-4-11-19;/h5-7,12,14,17-18H,1-4,8-11,13H2;1H. The second kappa shape index (κ2) is 8.99. The third-order valence-electron chi connectivity index (χ3n) is 4.70. The Kier molecular flexibility index (Phi) is 7.46. The van der Waals surface area contributed by atoms with E-state index in [-0.39, 0.29) is 28.2 Å². The lowest BCUT2D eigenvalue weighted by molar-refractivity contribution is 0.423. The summed E-state index contributed by atoms with van der Waals surface area (Å²) in [4.78, 5) is 0.0390. The largest absolute Gasteiger partial charge is 0.315 e. The summed E-state index contributed by atoms with van der Waals surface area (Å²) >= 11 is 0. The van der Waals surface area contributed by atoms with Gasteiger partial charge in [0.25, 0.3) is 0 Å². The molecule has 2 heterocycles. The predicted octanol–water partition coefficient (Wildman–Crippen LogP) is 1.31. The lowest BCUT2D eigenvalue weighted by Crippen LogP contribution is -2.36. The smallest absolute Gasteiger partial charge is 0.243 e. The maximum absolute atomic E-state index is 12.9. The van der Waals surface area contributed by atoms with Gasteiger partial charge in [-0.15, -0.1) is 12.4 Å². The Labute approximate surface area is 162 Å². The number of nitrogens with one attached hydrogen (secondary N) is 2. The Hall–Kier alpha value is -0.710. The van der Waals surface area contributed by atoms with E-state index in [2.05, 4.69) is 10.0 Å². The molecule has 0 saturated carbocycles. The van der Waals surface area contributed by atoms with Gasteiger partial charge in [0.05, 0.1) is 9.79 Å². The van der Waals surface area contributed by atoms with E-state index in [4.69, 9.17) is 0 Å². The summed E-state index contributed by atoms with van der Waals surface area (Å²) in [7, 11) is -7.40. The predicted molar refractivity (Wildman–Crippen MR) is 103 cm³/mol. The van der Waals surface area contributed by atoms with Crippen LogP contribution in [0.1, 0.15) is 32.1 Å². The van der Waals surface area contributed by atoms with Crippen molar-refractivity contribution in [3.05, 3.63) is 24.3 Å². The minimum absolute atomic E-state index is 0. The van der Waals surface area contributed by atoms with Crippen molar-refractivity contribution in [3.8, 4) is 0 Å². The highest BCUT2D eigenvalue weighted by molar-refractivity contribution is 7.90. The number of sulfonamides is 2. The lowest BCUT2D eigenvalue weighted by atomic mass is 10.2. The van der Waals surface area contributed by atoms with Crippen molar-refractivity contribution >= 4 is 32.5 Å². The minimum Gasteiger partial charge on any atom is -0.315 e. The SMILES string of the molecule is Cl.O=S(=O)(NC1CCNC1)c1cccc(S(=O)(=O)N2CCCCCC2)c1. The first-order valence-corrected chi connectivity index (χ1v) is 11.7. The summed E-state index contributed by atoms with van der Waals surface area (Å²) in [6.07, 6.45) is 4.46. The second-order valence-corrected chi connectivity index (χ2v) is 10.3. The molecule has 148 valence electrons. The second-order valence-electron chi connectivity index (χ2n) is 6.60. The molecule has 0 aromatic heterocycles. The van der Waals surface area contributed by atoms with E-state index in [1.54, 1.807) is 0 Å². The van der Waals surface area contributed by atoms with Crippen LogP contribution in [-0.2, 0) is 20.0 Å². The van der Waals surface area contributed by atoms with E-state index < -0.39 is 20.0 Å². The van der Waals surface area contributed by atoms with Gasteiger partial charge in [-0.05, 0) is 44.0 Å². The zero-order valence-corrected chi connectivity index (χ0v) is 17.0. The molecule has 0 bridgehead atoms. The van der Waals surface area contributed by atoms with Crippen LogP contribution >= 0.6 is 12.4 Å². The van der Waals surface area contributed by atoms with E-state index >= 15 is 0 Å². The highest BCUT2D eigenvalue weighted by Gasteiger charge is 2.28. The van der Waals surface area contributed by atoms with Crippen molar-refractivity contribution in [2.75, 3.05) is 26.2 Å². The van der Waals surface area contributed by atoms with Gasteiger partial charge >= 0.3 is 0 Å². The summed E-state index contributed by atoms with van der Waals surface area (Å²) in [6.45, 7) is 2.35. The van der Waals surface area contributed by atoms with E-state index in [0.29, 0.717) is 19.6 Å². The number of benzene rings is 1. The van der Waals surface area contributed by atoms with Crippen molar-refractivity contribution in [2.24, 2.45) is 0 Å². The average Bonchev–Trinajstić information content (AvgIpc) is 2.93. The Balaban J connectivity index is 0.00000243. The molecule has 1 unspecified atom stereocenters. The van der Waals surface area contributed by atoms with Crippen LogP contribution in [0, 0.1) is 0 Å². The summed E-state index contributed by atoms with van der Waals surface area (Å²) in [6, 6.07) is 5.51. The van der Waals surface area contributed by atoms with Gasteiger partial charge in [-0.3, -0.25) is 0 Å². The Morgan fingerprint density at radius 1 is 1.00 bits per heavy atom. The van der Waals surface area contributed by atoms with Gasteiger partial charge in [0.2, 0.25) is 20.0 Å². The molecule has 0 aliphatic carbocycles. The zero-order chi connectivity index (χ0) is 17.9. The monoisotopic (exact) mass is 423 g/mol. The molecule has 1 aromatic carbocycles. The first kappa shape index (κ1) is 21.6. The summed E-state index contributed by atoms with van der Waals surface area (Å²) in [5.74, 6) is 0. The molecule has 2 aliphatic heterocycles. The molecular formula is C16H26ClN3O4S2. The number of rotatable bonds is 5. The molecule has 2 saturated heterocycles. The van der Waals surface area contributed by atoms with Crippen LogP contribution in [0.5, 0.6) is 0 Å². The average molecular weight is 424 g/mol.